The molecule has 1 saturated heterocycles. The fourth-order valence-corrected chi connectivity index (χ4v) is 2.82. The third-order valence-corrected chi connectivity index (χ3v) is 4.01. The molecule has 0 radical (unpaired) electrons. The summed E-state index contributed by atoms with van der Waals surface area (Å²) in [7, 11) is 3.51. The van der Waals surface area contributed by atoms with Crippen LogP contribution in [0.25, 0.3) is 0 Å². The summed E-state index contributed by atoms with van der Waals surface area (Å²) in [6, 6.07) is 6.05. The highest BCUT2D eigenvalue weighted by Crippen LogP contribution is 2.29. The molecule has 0 aromatic heterocycles. The molecule has 20 heavy (non-hydrogen) atoms. The standard InChI is InChI=1S/C15H21ClN2O2/c1-10(13-8-11(16)4-6-14(13)20-3)17-12-5-7-15(19)18(2)9-12/h4,6,8,10,12,17H,5,7,9H2,1-3H3. The molecule has 1 fully saturated rings. The maximum Gasteiger partial charge on any atom is 0.222 e. The number of nitrogens with one attached hydrogen (secondary N) is 1. The van der Waals surface area contributed by atoms with Gasteiger partial charge in [-0.25, -0.2) is 0 Å². The van der Waals surface area contributed by atoms with Gasteiger partial charge in [0.2, 0.25) is 5.91 Å². The fraction of sp³-hybridized carbons (Fsp3) is 0.533. The van der Waals surface area contributed by atoms with Crippen molar-refractivity contribution in [2.75, 3.05) is 20.7 Å². The first-order chi connectivity index (χ1) is 9.51. The van der Waals surface area contributed by atoms with Crippen LogP contribution < -0.4 is 10.1 Å². The second-order valence-electron chi connectivity index (χ2n) is 5.28. The zero-order valence-corrected chi connectivity index (χ0v) is 12.9. The predicted molar refractivity (Wildman–Crippen MR) is 80.2 cm³/mol. The van der Waals surface area contributed by atoms with E-state index in [-0.39, 0.29) is 11.9 Å². The Morgan fingerprint density at radius 3 is 2.90 bits per heavy atom. The SMILES string of the molecule is COc1ccc(Cl)cc1C(C)NC1CCC(=O)N(C)C1. The van der Waals surface area contributed by atoms with Crippen molar-refractivity contribution < 1.29 is 9.53 Å². The van der Waals surface area contributed by atoms with E-state index in [2.05, 4.69) is 12.2 Å². The van der Waals surface area contributed by atoms with Crippen LogP contribution in [0.5, 0.6) is 5.75 Å². The maximum atomic E-state index is 11.5. The van der Waals surface area contributed by atoms with E-state index < -0.39 is 0 Å². The minimum absolute atomic E-state index is 0.121. The van der Waals surface area contributed by atoms with Crippen molar-refractivity contribution in [3.63, 3.8) is 0 Å². The van der Waals surface area contributed by atoms with Crippen molar-refractivity contribution in [2.45, 2.75) is 31.8 Å². The highest BCUT2D eigenvalue weighted by molar-refractivity contribution is 6.30. The Labute approximate surface area is 125 Å². The second-order valence-corrected chi connectivity index (χ2v) is 5.72. The molecule has 0 aliphatic carbocycles. The van der Waals surface area contributed by atoms with Gasteiger partial charge in [0.05, 0.1) is 7.11 Å². The van der Waals surface area contributed by atoms with Crippen LogP contribution in [0, 0.1) is 0 Å². The number of likely N-dealkylation sites (tertiary alicyclic amines) is 1. The molecule has 5 heteroatoms. The van der Waals surface area contributed by atoms with Gasteiger partial charge < -0.3 is 15.0 Å². The van der Waals surface area contributed by atoms with E-state index in [4.69, 9.17) is 16.3 Å². The van der Waals surface area contributed by atoms with Crippen LogP contribution in [-0.2, 0) is 4.79 Å². The third-order valence-electron chi connectivity index (χ3n) is 3.77. The maximum absolute atomic E-state index is 11.5. The Morgan fingerprint density at radius 1 is 1.50 bits per heavy atom. The van der Waals surface area contributed by atoms with E-state index in [0.717, 1.165) is 24.3 Å². The molecule has 2 atom stereocenters. The van der Waals surface area contributed by atoms with E-state index in [1.807, 2.05) is 25.2 Å². The number of ether oxygens (including phenoxy) is 1. The molecule has 1 heterocycles. The quantitative estimate of drug-likeness (QED) is 0.929. The number of likely N-dealkylation sites (N-methyl/N-ethyl adjacent to an activating group) is 1. The van der Waals surface area contributed by atoms with Crippen LogP contribution in [0.2, 0.25) is 5.02 Å². The summed E-state index contributed by atoms with van der Waals surface area (Å²) in [5.74, 6) is 1.05. The number of amides is 1. The van der Waals surface area contributed by atoms with Crippen LogP contribution in [-0.4, -0.2) is 37.6 Å². The lowest BCUT2D eigenvalue weighted by atomic mass is 10.0. The molecule has 1 aromatic rings. The normalized spacial score (nSPS) is 20.9. The van der Waals surface area contributed by atoms with Gasteiger partial charge >= 0.3 is 0 Å². The van der Waals surface area contributed by atoms with Crippen LogP contribution in [0.3, 0.4) is 0 Å². The number of piperidine rings is 1. The van der Waals surface area contributed by atoms with E-state index >= 15 is 0 Å². The molecule has 1 amide bonds. The van der Waals surface area contributed by atoms with Gasteiger partial charge in [0.1, 0.15) is 5.75 Å². The van der Waals surface area contributed by atoms with Gasteiger partial charge in [-0.05, 0) is 31.5 Å². The molecule has 0 bridgehead atoms. The lowest BCUT2D eigenvalue weighted by Crippen LogP contribution is -2.47. The average molecular weight is 297 g/mol. The zero-order valence-electron chi connectivity index (χ0n) is 12.1. The molecule has 0 saturated carbocycles. The van der Waals surface area contributed by atoms with Crippen LogP contribution in [0.4, 0.5) is 0 Å². The van der Waals surface area contributed by atoms with Crippen molar-refractivity contribution in [1.29, 1.82) is 0 Å². The lowest BCUT2D eigenvalue weighted by molar-refractivity contribution is -0.132. The van der Waals surface area contributed by atoms with Gasteiger partial charge in [-0.1, -0.05) is 11.6 Å². The molecule has 0 spiro atoms. The first-order valence-corrected chi connectivity index (χ1v) is 7.22. The Balaban J connectivity index is 2.06. The van der Waals surface area contributed by atoms with E-state index in [1.165, 1.54) is 0 Å². The average Bonchev–Trinajstić information content (AvgIpc) is 2.43. The summed E-state index contributed by atoms with van der Waals surface area (Å²) in [5.41, 5.74) is 1.04. The monoisotopic (exact) mass is 296 g/mol. The molecule has 110 valence electrons. The van der Waals surface area contributed by atoms with Crippen LogP contribution >= 0.6 is 11.6 Å². The summed E-state index contributed by atoms with van der Waals surface area (Å²) in [5, 5.41) is 4.25. The Hall–Kier alpha value is -1.26. The Morgan fingerprint density at radius 2 is 2.25 bits per heavy atom. The van der Waals surface area contributed by atoms with Crippen molar-refractivity contribution in [2.24, 2.45) is 0 Å². The van der Waals surface area contributed by atoms with Gasteiger partial charge in [0.15, 0.2) is 0 Å². The van der Waals surface area contributed by atoms with Gasteiger partial charge in [0.25, 0.3) is 0 Å². The lowest BCUT2D eigenvalue weighted by Gasteiger charge is -2.32. The number of rotatable bonds is 4. The second kappa shape index (κ2) is 6.46. The first kappa shape index (κ1) is 15.1. The van der Waals surface area contributed by atoms with E-state index in [0.29, 0.717) is 17.5 Å². The molecule has 2 unspecified atom stereocenters. The highest BCUT2D eigenvalue weighted by atomic mass is 35.5. The number of hydrogen-bond acceptors (Lipinski definition) is 3. The van der Waals surface area contributed by atoms with Crippen LogP contribution in [0.1, 0.15) is 31.4 Å². The van der Waals surface area contributed by atoms with Gasteiger partial charge in [-0.2, -0.15) is 0 Å². The molecular weight excluding hydrogens is 276 g/mol. The van der Waals surface area contributed by atoms with Gasteiger partial charge in [-0.15, -0.1) is 0 Å². The first-order valence-electron chi connectivity index (χ1n) is 6.84. The minimum atomic E-state index is 0.121. The summed E-state index contributed by atoms with van der Waals surface area (Å²) < 4.78 is 5.39. The van der Waals surface area contributed by atoms with Gasteiger partial charge in [0, 0.05) is 42.7 Å². The van der Waals surface area contributed by atoms with Gasteiger partial charge in [-0.3, -0.25) is 4.79 Å². The predicted octanol–water partition coefficient (Wildman–Crippen LogP) is 2.62. The topological polar surface area (TPSA) is 41.6 Å². The molecule has 4 nitrogen and oxygen atoms in total. The molecule has 1 aliphatic rings. The van der Waals surface area contributed by atoms with Crippen molar-refractivity contribution in [3.8, 4) is 5.75 Å². The Bertz CT molecular complexity index is 493. The highest BCUT2D eigenvalue weighted by Gasteiger charge is 2.24. The smallest absolute Gasteiger partial charge is 0.222 e. The number of methoxy groups -OCH3 is 1. The number of carbonyl (C=O) groups excluding carboxylic acids is 1. The van der Waals surface area contributed by atoms with Crippen LogP contribution in [0.15, 0.2) is 18.2 Å². The summed E-state index contributed by atoms with van der Waals surface area (Å²) in [6.45, 7) is 2.83. The third kappa shape index (κ3) is 3.44. The fourth-order valence-electron chi connectivity index (χ4n) is 2.64. The number of benzene rings is 1. The summed E-state index contributed by atoms with van der Waals surface area (Å²) >= 11 is 6.07. The number of carbonyl (C=O) groups is 1. The molecule has 1 aromatic carbocycles. The Kier molecular flexibility index (Phi) is 4.89. The largest absolute Gasteiger partial charge is 0.496 e. The number of hydrogen-bond donors (Lipinski definition) is 1. The van der Waals surface area contributed by atoms with Crippen molar-refractivity contribution in [3.05, 3.63) is 28.8 Å². The molecule has 2 rings (SSSR count). The minimum Gasteiger partial charge on any atom is -0.496 e. The number of halogens is 1. The zero-order chi connectivity index (χ0) is 14.7. The summed E-state index contributed by atoms with van der Waals surface area (Å²) in [4.78, 5) is 13.3. The van der Waals surface area contributed by atoms with Crippen molar-refractivity contribution in [1.82, 2.24) is 10.2 Å². The molecular formula is C15H21ClN2O2. The van der Waals surface area contributed by atoms with Crippen molar-refractivity contribution >= 4 is 17.5 Å². The van der Waals surface area contributed by atoms with E-state index in [9.17, 15) is 4.79 Å². The molecule has 1 N–H and O–H groups in total. The number of nitrogens with zero attached hydrogens (tertiary/aromatic N) is 1. The molecule has 1 aliphatic heterocycles. The van der Waals surface area contributed by atoms with E-state index in [1.54, 1.807) is 12.0 Å². The summed E-state index contributed by atoms with van der Waals surface area (Å²) in [6.07, 6.45) is 1.48.